The number of amides is 1. The Morgan fingerprint density at radius 3 is 2.83 bits per heavy atom. The Hall–Kier alpha value is -3.38. The number of hydrogen-bond acceptors (Lipinski definition) is 7. The van der Waals surface area contributed by atoms with Gasteiger partial charge < -0.3 is 15.0 Å². The maximum atomic E-state index is 13.7. The zero-order valence-electron chi connectivity index (χ0n) is 20.6. The molecule has 8 nitrogen and oxygen atoms in total. The van der Waals surface area contributed by atoms with Crippen molar-refractivity contribution in [3.05, 3.63) is 56.7 Å². The van der Waals surface area contributed by atoms with Gasteiger partial charge in [-0.2, -0.15) is 5.26 Å². The molecule has 1 N–H and O–H groups in total. The smallest absolute Gasteiger partial charge is 0.407 e. The Kier molecular flexibility index (Phi) is 7.13. The number of fused-ring (bicyclic) bond motifs is 1. The molecule has 35 heavy (non-hydrogen) atoms. The minimum atomic E-state index is -0.574. The zero-order chi connectivity index (χ0) is 25.2. The number of nitriles is 1. The number of aryl methyl sites for hydroxylation is 1. The molecule has 3 heterocycles. The highest BCUT2D eigenvalue weighted by atomic mass is 32.1. The second-order valence-electron chi connectivity index (χ2n) is 9.78. The number of aromatic nitrogens is 2. The molecule has 1 amide bonds. The van der Waals surface area contributed by atoms with Crippen LogP contribution in [0, 0.1) is 11.3 Å². The summed E-state index contributed by atoms with van der Waals surface area (Å²) in [5.41, 5.74) is 1.32. The Morgan fingerprint density at radius 1 is 1.34 bits per heavy atom. The fourth-order valence-corrected chi connectivity index (χ4v) is 5.28. The first-order valence-corrected chi connectivity index (χ1v) is 12.8. The maximum absolute atomic E-state index is 13.7. The average Bonchev–Trinajstić information content (AvgIpc) is 3.23. The predicted octanol–water partition coefficient (Wildman–Crippen LogP) is 4.43. The molecule has 0 radical (unpaired) electrons. The lowest BCUT2D eigenvalue weighted by molar-refractivity contribution is 0.0499. The van der Waals surface area contributed by atoms with E-state index >= 15 is 0 Å². The van der Waals surface area contributed by atoms with Gasteiger partial charge >= 0.3 is 6.09 Å². The number of thiophene rings is 1. The van der Waals surface area contributed by atoms with Gasteiger partial charge in [0.1, 0.15) is 10.3 Å². The van der Waals surface area contributed by atoms with Gasteiger partial charge in [-0.3, -0.25) is 9.36 Å². The van der Waals surface area contributed by atoms with Gasteiger partial charge in [0.25, 0.3) is 5.56 Å². The van der Waals surface area contributed by atoms with E-state index in [0.717, 1.165) is 36.2 Å². The first kappa shape index (κ1) is 24.7. The number of alkyl carbamates (subject to hydrolysis) is 1. The predicted molar refractivity (Wildman–Crippen MR) is 138 cm³/mol. The fourth-order valence-electron chi connectivity index (χ4n) is 4.30. The zero-order valence-corrected chi connectivity index (χ0v) is 21.4. The van der Waals surface area contributed by atoms with Crippen molar-refractivity contribution in [3.8, 4) is 6.07 Å². The monoisotopic (exact) mass is 493 g/mol. The van der Waals surface area contributed by atoms with Crippen LogP contribution in [-0.4, -0.2) is 40.4 Å². The lowest BCUT2D eigenvalue weighted by atomic mass is 10.1. The highest BCUT2D eigenvalue weighted by Crippen LogP contribution is 2.26. The van der Waals surface area contributed by atoms with Crippen molar-refractivity contribution in [1.82, 2.24) is 14.9 Å². The van der Waals surface area contributed by atoms with Gasteiger partial charge in [0.05, 0.1) is 23.7 Å². The Balaban J connectivity index is 1.71. The summed E-state index contributed by atoms with van der Waals surface area (Å²) in [6, 6.07) is 11.4. The summed E-state index contributed by atoms with van der Waals surface area (Å²) in [6.45, 7) is 9.05. The largest absolute Gasteiger partial charge is 0.444 e. The number of anilines is 1. The van der Waals surface area contributed by atoms with Crippen LogP contribution in [-0.2, 0) is 17.7 Å². The summed E-state index contributed by atoms with van der Waals surface area (Å²) < 4.78 is 7.73. The minimum Gasteiger partial charge on any atom is -0.444 e. The van der Waals surface area contributed by atoms with Gasteiger partial charge in [0.15, 0.2) is 0 Å². The van der Waals surface area contributed by atoms with Gasteiger partial charge in [-0.25, -0.2) is 9.78 Å². The van der Waals surface area contributed by atoms with Crippen LogP contribution in [0.2, 0.25) is 0 Å². The summed E-state index contributed by atoms with van der Waals surface area (Å²) in [5, 5.41) is 12.5. The van der Waals surface area contributed by atoms with Crippen LogP contribution in [0.4, 0.5) is 10.7 Å². The molecule has 0 saturated carbocycles. The van der Waals surface area contributed by atoms with E-state index in [-0.39, 0.29) is 18.1 Å². The first-order chi connectivity index (χ1) is 16.7. The molecule has 2 aromatic heterocycles. The van der Waals surface area contributed by atoms with Gasteiger partial charge in [0, 0.05) is 24.0 Å². The molecule has 4 rings (SSSR count). The molecule has 184 valence electrons. The number of piperidine rings is 1. The molecule has 9 heteroatoms. The van der Waals surface area contributed by atoms with E-state index in [2.05, 4.69) is 23.2 Å². The van der Waals surface area contributed by atoms with Crippen LogP contribution < -0.4 is 15.8 Å². The highest BCUT2D eigenvalue weighted by molar-refractivity contribution is 7.18. The summed E-state index contributed by atoms with van der Waals surface area (Å²) >= 11 is 1.48. The molecule has 3 aromatic rings. The van der Waals surface area contributed by atoms with Gasteiger partial charge in [0.2, 0.25) is 5.95 Å². The normalized spacial score (nSPS) is 16.2. The Morgan fingerprint density at radius 2 is 2.11 bits per heavy atom. The van der Waals surface area contributed by atoms with Crippen molar-refractivity contribution in [2.45, 2.75) is 65.1 Å². The second kappa shape index (κ2) is 10.1. The number of ether oxygens (including phenoxy) is 1. The van der Waals surface area contributed by atoms with Crippen molar-refractivity contribution in [3.63, 3.8) is 0 Å². The van der Waals surface area contributed by atoms with E-state index in [1.807, 2.05) is 45.0 Å². The molecule has 1 fully saturated rings. The van der Waals surface area contributed by atoms with Crippen LogP contribution in [0.5, 0.6) is 0 Å². The molecule has 1 aromatic carbocycles. The lowest BCUT2D eigenvalue weighted by Gasteiger charge is -2.35. The first-order valence-electron chi connectivity index (χ1n) is 11.9. The fraction of sp³-hybridized carbons (Fsp3) is 0.462. The molecule has 0 spiro atoms. The standard InChI is InChI=1S/C26H31N5O3S/c1-5-20-13-21-22(35-20)23(32)31(15-18-10-7-6-9-17(18)14-27)24(29-21)30-12-8-11-19(16-30)28-25(33)34-26(2,3)4/h6-7,9-10,13,19H,5,8,11-12,15-16H2,1-4H3,(H,28,33)/t19-/m1/s1. The number of nitrogens with zero attached hydrogens (tertiary/aromatic N) is 4. The molecule has 1 saturated heterocycles. The van der Waals surface area contributed by atoms with Crippen LogP contribution in [0.1, 0.15) is 56.5 Å². The van der Waals surface area contributed by atoms with Crippen molar-refractivity contribution >= 4 is 33.6 Å². The van der Waals surface area contributed by atoms with E-state index in [1.165, 1.54) is 11.3 Å². The number of hydrogen-bond donors (Lipinski definition) is 1. The van der Waals surface area contributed by atoms with Crippen molar-refractivity contribution in [2.24, 2.45) is 0 Å². The SMILES string of the molecule is CCc1cc2nc(N3CCC[C@@H](NC(=O)OC(C)(C)C)C3)n(Cc3ccccc3C#N)c(=O)c2s1. The molecule has 0 aliphatic carbocycles. The van der Waals surface area contributed by atoms with Crippen molar-refractivity contribution < 1.29 is 9.53 Å². The Labute approximate surface area is 209 Å². The van der Waals surface area contributed by atoms with Crippen LogP contribution in [0.3, 0.4) is 0 Å². The third kappa shape index (κ3) is 5.65. The molecule has 0 bridgehead atoms. The number of benzene rings is 1. The van der Waals surface area contributed by atoms with E-state index in [1.54, 1.807) is 10.6 Å². The average molecular weight is 494 g/mol. The summed E-state index contributed by atoms with van der Waals surface area (Å²) in [7, 11) is 0. The van der Waals surface area contributed by atoms with Crippen LogP contribution in [0.25, 0.3) is 10.2 Å². The number of carbonyl (C=O) groups is 1. The quantitative estimate of drug-likeness (QED) is 0.564. The summed E-state index contributed by atoms with van der Waals surface area (Å²) in [6.07, 6.45) is 2.04. The maximum Gasteiger partial charge on any atom is 0.407 e. The van der Waals surface area contributed by atoms with E-state index < -0.39 is 11.7 Å². The molecular formula is C26H31N5O3S. The third-order valence-electron chi connectivity index (χ3n) is 5.90. The van der Waals surface area contributed by atoms with Crippen molar-refractivity contribution in [1.29, 1.82) is 5.26 Å². The topological polar surface area (TPSA) is 100 Å². The summed E-state index contributed by atoms with van der Waals surface area (Å²) in [4.78, 5) is 34.1. The van der Waals surface area contributed by atoms with E-state index in [9.17, 15) is 14.9 Å². The number of nitrogens with one attached hydrogen (secondary N) is 1. The molecule has 1 aliphatic heterocycles. The number of rotatable bonds is 5. The third-order valence-corrected chi connectivity index (χ3v) is 7.16. The second-order valence-corrected chi connectivity index (χ2v) is 10.9. The van der Waals surface area contributed by atoms with E-state index in [0.29, 0.717) is 28.3 Å². The highest BCUT2D eigenvalue weighted by Gasteiger charge is 2.27. The molecule has 0 unspecified atom stereocenters. The van der Waals surface area contributed by atoms with Crippen LogP contribution in [0.15, 0.2) is 35.1 Å². The van der Waals surface area contributed by atoms with Crippen molar-refractivity contribution in [2.75, 3.05) is 18.0 Å². The molecule has 1 atom stereocenters. The van der Waals surface area contributed by atoms with Gasteiger partial charge in [-0.15, -0.1) is 11.3 Å². The summed E-state index contributed by atoms with van der Waals surface area (Å²) in [5.74, 6) is 0.561. The minimum absolute atomic E-state index is 0.107. The molecular weight excluding hydrogens is 462 g/mol. The number of carbonyl (C=O) groups excluding carboxylic acids is 1. The van der Waals surface area contributed by atoms with Gasteiger partial charge in [-0.05, 0) is 57.7 Å². The van der Waals surface area contributed by atoms with Crippen LogP contribution >= 0.6 is 11.3 Å². The van der Waals surface area contributed by atoms with E-state index in [4.69, 9.17) is 9.72 Å². The molecule has 1 aliphatic rings. The lowest BCUT2D eigenvalue weighted by Crippen LogP contribution is -2.50. The Bertz CT molecular complexity index is 1330. The van der Waals surface area contributed by atoms with Gasteiger partial charge in [-0.1, -0.05) is 25.1 Å².